The Balaban J connectivity index is 1.77. The Morgan fingerprint density at radius 1 is 1.42 bits per heavy atom. The van der Waals surface area contributed by atoms with E-state index in [1.165, 1.54) is 12.1 Å². The lowest BCUT2D eigenvalue weighted by molar-refractivity contribution is -0.122. The number of amides is 1. The molecular weight excluding hydrogens is 350 g/mol. The van der Waals surface area contributed by atoms with E-state index in [-0.39, 0.29) is 34.0 Å². The highest BCUT2D eigenvalue weighted by atomic mass is 35.5. The number of rotatable bonds is 3. The quantitative estimate of drug-likeness (QED) is 0.854. The van der Waals surface area contributed by atoms with Crippen molar-refractivity contribution in [2.24, 2.45) is 0 Å². The lowest BCUT2D eigenvalue weighted by Gasteiger charge is -2.25. The van der Waals surface area contributed by atoms with Gasteiger partial charge < -0.3 is 5.32 Å². The van der Waals surface area contributed by atoms with Gasteiger partial charge in [0.15, 0.2) is 0 Å². The van der Waals surface area contributed by atoms with Crippen LogP contribution in [0.5, 0.6) is 0 Å². The minimum Gasteiger partial charge on any atom is -0.351 e. The molecule has 0 radical (unpaired) electrons. The van der Waals surface area contributed by atoms with Crippen molar-refractivity contribution in [2.75, 3.05) is 0 Å². The predicted octanol–water partition coefficient (Wildman–Crippen LogP) is 4.73. The van der Waals surface area contributed by atoms with Crippen LogP contribution in [-0.4, -0.2) is 10.9 Å². The topological polar surface area (TPSA) is 42.0 Å². The summed E-state index contributed by atoms with van der Waals surface area (Å²) in [5.41, 5.74) is 2.79. The molecule has 0 saturated heterocycles. The van der Waals surface area contributed by atoms with Crippen molar-refractivity contribution in [3.63, 3.8) is 0 Å². The van der Waals surface area contributed by atoms with Crippen molar-refractivity contribution in [1.82, 2.24) is 10.3 Å². The van der Waals surface area contributed by atoms with E-state index in [0.717, 1.165) is 16.8 Å². The lowest BCUT2D eigenvalue weighted by atomic mass is 9.83. The number of benzene rings is 1. The third-order valence-corrected chi connectivity index (χ3v) is 4.70. The lowest BCUT2D eigenvalue weighted by Crippen LogP contribution is -2.31. The molecule has 1 aliphatic rings. The largest absolute Gasteiger partial charge is 0.351 e. The van der Waals surface area contributed by atoms with E-state index >= 15 is 0 Å². The van der Waals surface area contributed by atoms with Gasteiger partial charge >= 0.3 is 0 Å². The molecule has 0 saturated carbocycles. The minimum absolute atomic E-state index is 0.00765. The van der Waals surface area contributed by atoms with E-state index in [2.05, 4.69) is 16.9 Å². The molecule has 0 spiro atoms. The standard InChI is InChI=1S/C18H15Cl2FN2O/c1-10-4-5-13(12-3-2-6-22-17(10)12)18(24)23-9-14-15(20)7-11(19)8-16(14)21/h2-3,6-8,13H,1,4-5,9H2,(H,23,24). The third-order valence-electron chi connectivity index (χ3n) is 4.15. The highest BCUT2D eigenvalue weighted by molar-refractivity contribution is 6.35. The number of aromatic nitrogens is 1. The smallest absolute Gasteiger partial charge is 0.227 e. The number of allylic oxidation sites excluding steroid dienone is 1. The van der Waals surface area contributed by atoms with E-state index in [1.807, 2.05) is 6.07 Å². The Kier molecular flexibility index (Phi) is 4.88. The minimum atomic E-state index is -0.535. The molecule has 1 aliphatic carbocycles. The monoisotopic (exact) mass is 364 g/mol. The van der Waals surface area contributed by atoms with Crippen molar-refractivity contribution in [1.29, 1.82) is 0 Å². The summed E-state index contributed by atoms with van der Waals surface area (Å²) < 4.78 is 14.0. The fourth-order valence-corrected chi connectivity index (χ4v) is 3.43. The first-order valence-corrected chi connectivity index (χ1v) is 8.27. The van der Waals surface area contributed by atoms with Crippen molar-refractivity contribution < 1.29 is 9.18 Å². The Labute approximate surface area is 149 Å². The number of pyridine rings is 1. The molecule has 2 aromatic rings. The van der Waals surface area contributed by atoms with E-state index in [9.17, 15) is 9.18 Å². The van der Waals surface area contributed by atoms with Crippen LogP contribution in [-0.2, 0) is 11.3 Å². The number of carbonyl (C=O) groups is 1. The second-order valence-electron chi connectivity index (χ2n) is 5.70. The van der Waals surface area contributed by atoms with Crippen molar-refractivity contribution in [3.8, 4) is 0 Å². The second-order valence-corrected chi connectivity index (χ2v) is 6.55. The van der Waals surface area contributed by atoms with Gasteiger partial charge in [0.25, 0.3) is 0 Å². The summed E-state index contributed by atoms with van der Waals surface area (Å²) in [5, 5.41) is 3.18. The second kappa shape index (κ2) is 6.91. The van der Waals surface area contributed by atoms with Gasteiger partial charge in [-0.1, -0.05) is 35.8 Å². The van der Waals surface area contributed by atoms with E-state index in [4.69, 9.17) is 23.2 Å². The molecule has 3 rings (SSSR count). The van der Waals surface area contributed by atoms with Gasteiger partial charge in [-0.2, -0.15) is 0 Å². The molecule has 1 heterocycles. The van der Waals surface area contributed by atoms with Gasteiger partial charge in [-0.05, 0) is 42.2 Å². The van der Waals surface area contributed by atoms with Crippen LogP contribution in [0.4, 0.5) is 4.39 Å². The summed E-state index contributed by atoms with van der Waals surface area (Å²) >= 11 is 11.8. The number of carbonyl (C=O) groups excluding carboxylic acids is 1. The van der Waals surface area contributed by atoms with Crippen LogP contribution in [0.3, 0.4) is 0 Å². The number of nitrogens with zero attached hydrogens (tertiary/aromatic N) is 1. The van der Waals surface area contributed by atoms with Crippen LogP contribution in [0.25, 0.3) is 5.57 Å². The number of fused-ring (bicyclic) bond motifs is 1. The summed E-state index contributed by atoms with van der Waals surface area (Å²) in [7, 11) is 0. The maximum atomic E-state index is 14.0. The summed E-state index contributed by atoms with van der Waals surface area (Å²) in [6, 6.07) is 6.32. The molecule has 1 atom stereocenters. The highest BCUT2D eigenvalue weighted by Crippen LogP contribution is 2.36. The molecule has 1 aromatic carbocycles. The molecule has 6 heteroatoms. The molecule has 3 nitrogen and oxygen atoms in total. The van der Waals surface area contributed by atoms with Gasteiger partial charge in [0.1, 0.15) is 5.82 Å². The van der Waals surface area contributed by atoms with E-state index in [0.29, 0.717) is 12.8 Å². The molecule has 124 valence electrons. The zero-order valence-electron chi connectivity index (χ0n) is 12.8. The Morgan fingerprint density at radius 3 is 2.96 bits per heavy atom. The molecule has 0 aliphatic heterocycles. The van der Waals surface area contributed by atoms with Crippen LogP contribution in [0.2, 0.25) is 10.0 Å². The fourth-order valence-electron chi connectivity index (χ4n) is 2.90. The zero-order valence-corrected chi connectivity index (χ0v) is 14.3. The molecule has 24 heavy (non-hydrogen) atoms. The number of hydrogen-bond donors (Lipinski definition) is 1. The first-order chi connectivity index (χ1) is 11.5. The number of nitrogens with one attached hydrogen (secondary N) is 1. The van der Waals surface area contributed by atoms with Gasteiger partial charge in [-0.25, -0.2) is 4.39 Å². The summed E-state index contributed by atoms with van der Waals surface area (Å²) in [6.07, 6.45) is 3.05. The number of halogens is 3. The van der Waals surface area contributed by atoms with Crippen LogP contribution in [0.1, 0.15) is 35.6 Å². The first-order valence-electron chi connectivity index (χ1n) is 7.51. The molecule has 1 unspecified atom stereocenters. The maximum absolute atomic E-state index is 14.0. The summed E-state index contributed by atoms with van der Waals surface area (Å²) in [4.78, 5) is 16.9. The first kappa shape index (κ1) is 16.9. The third kappa shape index (κ3) is 3.30. The van der Waals surface area contributed by atoms with E-state index < -0.39 is 5.82 Å². The molecule has 0 bridgehead atoms. The summed E-state index contributed by atoms with van der Waals surface area (Å²) in [6.45, 7) is 4.01. The van der Waals surface area contributed by atoms with Gasteiger partial charge in [0.05, 0.1) is 11.6 Å². The van der Waals surface area contributed by atoms with Gasteiger partial charge in [-0.3, -0.25) is 9.78 Å². The average molecular weight is 365 g/mol. The normalized spacial score (nSPS) is 16.6. The Bertz CT molecular complexity index is 799. The Morgan fingerprint density at radius 2 is 2.21 bits per heavy atom. The molecule has 0 fully saturated rings. The van der Waals surface area contributed by atoms with Crippen molar-refractivity contribution in [2.45, 2.75) is 25.3 Å². The van der Waals surface area contributed by atoms with Crippen LogP contribution in [0, 0.1) is 5.82 Å². The summed E-state index contributed by atoms with van der Waals surface area (Å²) in [5.74, 6) is -1.04. The maximum Gasteiger partial charge on any atom is 0.227 e. The highest BCUT2D eigenvalue weighted by Gasteiger charge is 2.28. The molecule has 1 N–H and O–H groups in total. The van der Waals surface area contributed by atoms with Crippen molar-refractivity contribution >= 4 is 34.7 Å². The van der Waals surface area contributed by atoms with Gasteiger partial charge in [0.2, 0.25) is 5.91 Å². The van der Waals surface area contributed by atoms with E-state index in [1.54, 1.807) is 12.3 Å². The average Bonchev–Trinajstić information content (AvgIpc) is 2.54. The Hall–Kier alpha value is -1.91. The molecular formula is C18H15Cl2FN2O. The van der Waals surface area contributed by atoms with Crippen LogP contribution < -0.4 is 5.32 Å². The SMILES string of the molecule is C=C1CCC(C(=O)NCc2c(F)cc(Cl)cc2Cl)c2cccnc21. The fraction of sp³-hybridized carbons (Fsp3) is 0.222. The number of hydrogen-bond acceptors (Lipinski definition) is 2. The predicted molar refractivity (Wildman–Crippen MR) is 93.5 cm³/mol. The molecule has 1 aromatic heterocycles. The zero-order chi connectivity index (χ0) is 17.3. The molecule has 1 amide bonds. The van der Waals surface area contributed by atoms with Gasteiger partial charge in [0, 0.05) is 28.4 Å². The van der Waals surface area contributed by atoms with Crippen molar-refractivity contribution in [3.05, 3.63) is 69.7 Å². The van der Waals surface area contributed by atoms with Crippen LogP contribution >= 0.6 is 23.2 Å². The van der Waals surface area contributed by atoms with Gasteiger partial charge in [-0.15, -0.1) is 0 Å². The van der Waals surface area contributed by atoms with Crippen LogP contribution in [0.15, 0.2) is 37.0 Å².